The monoisotopic (exact) mass is 792 g/mol. The number of para-hydroxylation sites is 1. The molecular weight excluding hydrogens is 757 g/mol. The maximum Gasteiger partial charge on any atom is 0.153 e. The van der Waals surface area contributed by atoms with E-state index in [4.69, 9.17) is 19.4 Å². The summed E-state index contributed by atoms with van der Waals surface area (Å²) in [5, 5.41) is 6.90. The van der Waals surface area contributed by atoms with Crippen molar-refractivity contribution >= 4 is 71.6 Å². The van der Waals surface area contributed by atoms with Crippen molar-refractivity contribution in [2.45, 2.75) is 0 Å². The van der Waals surface area contributed by atoms with Crippen LogP contribution in [0.1, 0.15) is 0 Å². The minimum Gasteiger partial charge on any atom is -0.454 e. The summed E-state index contributed by atoms with van der Waals surface area (Å²) in [6, 6.07) is 74.7. The fraction of sp³-hybridized carbons (Fsp3) is 0. The van der Waals surface area contributed by atoms with Gasteiger partial charge in [-0.05, 0) is 118 Å². The van der Waals surface area contributed by atoms with Crippen molar-refractivity contribution in [3.63, 3.8) is 0 Å². The molecule has 5 heteroatoms. The molecular formula is C57H36N4O. The smallest absolute Gasteiger partial charge is 0.153 e. The summed E-state index contributed by atoms with van der Waals surface area (Å²) in [7, 11) is 0. The maximum atomic E-state index is 6.07. The normalized spacial score (nSPS) is 11.5. The summed E-state index contributed by atoms with van der Waals surface area (Å²) < 4.78 is 6.07. The Morgan fingerprint density at radius 3 is 1.73 bits per heavy atom. The first-order valence-electron chi connectivity index (χ1n) is 20.8. The molecule has 0 saturated carbocycles. The summed E-state index contributed by atoms with van der Waals surface area (Å²) >= 11 is 0. The first-order chi connectivity index (χ1) is 30.7. The fourth-order valence-corrected chi connectivity index (χ4v) is 8.71. The van der Waals surface area contributed by atoms with E-state index in [0.29, 0.717) is 0 Å². The van der Waals surface area contributed by atoms with Crippen LogP contribution in [-0.2, 0) is 0 Å². The lowest BCUT2D eigenvalue weighted by molar-refractivity contribution is 0.668. The van der Waals surface area contributed by atoms with Crippen molar-refractivity contribution in [2.75, 3.05) is 4.90 Å². The predicted molar refractivity (Wildman–Crippen MR) is 256 cm³/mol. The molecule has 0 fully saturated rings. The average molecular weight is 793 g/mol. The van der Waals surface area contributed by atoms with Crippen LogP contribution < -0.4 is 4.90 Å². The summed E-state index contributed by atoms with van der Waals surface area (Å²) in [5.41, 5.74) is 14.7. The van der Waals surface area contributed by atoms with Crippen LogP contribution in [-0.4, -0.2) is 15.0 Å². The molecule has 8 aromatic carbocycles. The van der Waals surface area contributed by atoms with E-state index in [1.807, 2.05) is 60.8 Å². The van der Waals surface area contributed by atoms with E-state index in [2.05, 4.69) is 163 Å². The van der Waals surface area contributed by atoms with Gasteiger partial charge in [0, 0.05) is 50.7 Å². The van der Waals surface area contributed by atoms with E-state index in [-0.39, 0.29) is 0 Å². The second kappa shape index (κ2) is 14.7. The van der Waals surface area contributed by atoms with Crippen molar-refractivity contribution in [3.05, 3.63) is 219 Å². The molecule has 62 heavy (non-hydrogen) atoms. The standard InChI is InChI=1S/C57H36N4O/c1-2-10-40(11-3-1)56-55-46(13-8-32-58-55)36-52(60-56)39-22-27-48(28-23-39)61(47-25-20-38(21-26-47)51-30-31-54-57(59-51)50-14-6-7-15-53(50)62-54)49-29-24-44-34-43(18-19-45(44)35-49)42-17-16-37-9-4-5-12-41(37)33-42/h1-36H. The number of hydrogen-bond acceptors (Lipinski definition) is 5. The number of rotatable bonds is 7. The van der Waals surface area contributed by atoms with Gasteiger partial charge in [-0.3, -0.25) is 4.98 Å². The van der Waals surface area contributed by atoms with Crippen LogP contribution in [0.3, 0.4) is 0 Å². The second-order valence-electron chi connectivity index (χ2n) is 15.7. The SMILES string of the molecule is c1ccc(-c2nc(-c3ccc(N(c4ccc(-c5ccc6oc7ccccc7c6n5)cc4)c4ccc5cc(-c6ccc7ccccc7c6)ccc5c4)cc3)cc3cccnc23)cc1. The highest BCUT2D eigenvalue weighted by Gasteiger charge is 2.17. The van der Waals surface area contributed by atoms with Crippen molar-refractivity contribution in [1.82, 2.24) is 15.0 Å². The van der Waals surface area contributed by atoms with Crippen molar-refractivity contribution in [2.24, 2.45) is 0 Å². The molecule has 0 bridgehead atoms. The van der Waals surface area contributed by atoms with Crippen LogP contribution in [0.5, 0.6) is 0 Å². The Morgan fingerprint density at radius 2 is 0.935 bits per heavy atom. The number of furan rings is 1. The molecule has 0 unspecified atom stereocenters. The lowest BCUT2D eigenvalue weighted by atomic mass is 9.98. The Kier molecular flexibility index (Phi) is 8.42. The summed E-state index contributed by atoms with van der Waals surface area (Å²) in [6.45, 7) is 0. The van der Waals surface area contributed by atoms with Gasteiger partial charge < -0.3 is 9.32 Å². The number of aromatic nitrogens is 3. The zero-order valence-electron chi connectivity index (χ0n) is 33.5. The van der Waals surface area contributed by atoms with E-state index in [1.54, 1.807) is 0 Å². The summed E-state index contributed by atoms with van der Waals surface area (Å²) in [6.07, 6.45) is 1.83. The van der Waals surface area contributed by atoms with Gasteiger partial charge in [-0.15, -0.1) is 0 Å². The zero-order valence-corrected chi connectivity index (χ0v) is 33.5. The third-order valence-corrected chi connectivity index (χ3v) is 11.9. The predicted octanol–water partition coefficient (Wildman–Crippen LogP) is 15.4. The molecule has 0 radical (unpaired) electrons. The molecule has 4 heterocycles. The van der Waals surface area contributed by atoms with Gasteiger partial charge in [0.15, 0.2) is 5.58 Å². The van der Waals surface area contributed by atoms with Crippen LogP contribution >= 0.6 is 0 Å². The topological polar surface area (TPSA) is 55.1 Å². The number of hydrogen-bond donors (Lipinski definition) is 0. The first kappa shape index (κ1) is 35.5. The Balaban J connectivity index is 0.939. The highest BCUT2D eigenvalue weighted by Crippen LogP contribution is 2.40. The molecule has 5 nitrogen and oxygen atoms in total. The lowest BCUT2D eigenvalue weighted by Crippen LogP contribution is -2.10. The molecule has 0 saturated heterocycles. The Bertz CT molecular complexity index is 3630. The fourth-order valence-electron chi connectivity index (χ4n) is 8.71. The van der Waals surface area contributed by atoms with Gasteiger partial charge >= 0.3 is 0 Å². The third-order valence-electron chi connectivity index (χ3n) is 11.9. The van der Waals surface area contributed by atoms with E-state index >= 15 is 0 Å². The van der Waals surface area contributed by atoms with E-state index < -0.39 is 0 Å². The lowest BCUT2D eigenvalue weighted by Gasteiger charge is -2.26. The van der Waals surface area contributed by atoms with Gasteiger partial charge in [0.1, 0.15) is 11.1 Å². The molecule has 0 N–H and O–H groups in total. The van der Waals surface area contributed by atoms with Crippen molar-refractivity contribution in [3.8, 4) is 44.9 Å². The van der Waals surface area contributed by atoms with Crippen LogP contribution in [0, 0.1) is 0 Å². The largest absolute Gasteiger partial charge is 0.454 e. The van der Waals surface area contributed by atoms with E-state index in [9.17, 15) is 0 Å². The maximum absolute atomic E-state index is 6.07. The Labute approximate surface area is 357 Å². The van der Waals surface area contributed by atoms with Gasteiger partial charge in [-0.25, -0.2) is 9.97 Å². The van der Waals surface area contributed by atoms with Crippen molar-refractivity contribution in [1.29, 1.82) is 0 Å². The third kappa shape index (κ3) is 6.32. The Morgan fingerprint density at radius 1 is 0.339 bits per heavy atom. The average Bonchev–Trinajstić information content (AvgIpc) is 3.72. The molecule has 0 amide bonds. The molecule has 0 aliphatic rings. The molecule has 4 aromatic heterocycles. The number of fused-ring (bicyclic) bond motifs is 6. The molecule has 0 atom stereocenters. The molecule has 290 valence electrons. The zero-order chi connectivity index (χ0) is 41.0. The van der Waals surface area contributed by atoms with E-state index in [1.165, 1.54) is 27.3 Å². The number of pyridine rings is 3. The van der Waals surface area contributed by atoms with E-state index in [0.717, 1.165) is 89.2 Å². The molecule has 0 aliphatic heterocycles. The van der Waals surface area contributed by atoms with Crippen LogP contribution in [0.4, 0.5) is 17.1 Å². The quantitative estimate of drug-likeness (QED) is 0.161. The number of nitrogens with zero attached hydrogens (tertiary/aromatic N) is 4. The van der Waals surface area contributed by atoms with Crippen LogP contribution in [0.25, 0.3) is 99.4 Å². The highest BCUT2D eigenvalue weighted by molar-refractivity contribution is 6.03. The second-order valence-corrected chi connectivity index (χ2v) is 15.7. The Hall–Kier alpha value is -8.41. The highest BCUT2D eigenvalue weighted by atomic mass is 16.3. The van der Waals surface area contributed by atoms with Gasteiger partial charge in [0.25, 0.3) is 0 Å². The van der Waals surface area contributed by atoms with Gasteiger partial charge in [0.2, 0.25) is 0 Å². The summed E-state index contributed by atoms with van der Waals surface area (Å²) in [5.74, 6) is 0. The molecule has 0 aliphatic carbocycles. The molecule has 0 spiro atoms. The first-order valence-corrected chi connectivity index (χ1v) is 20.8. The number of anilines is 3. The minimum absolute atomic E-state index is 0.786. The van der Waals surface area contributed by atoms with Crippen LogP contribution in [0.2, 0.25) is 0 Å². The minimum atomic E-state index is 0.786. The molecule has 12 rings (SSSR count). The van der Waals surface area contributed by atoms with Gasteiger partial charge in [0.05, 0.1) is 22.6 Å². The van der Waals surface area contributed by atoms with Crippen molar-refractivity contribution < 1.29 is 4.42 Å². The van der Waals surface area contributed by atoms with Crippen LogP contribution in [0.15, 0.2) is 223 Å². The number of benzene rings is 8. The van der Waals surface area contributed by atoms with Gasteiger partial charge in [-0.1, -0.05) is 127 Å². The summed E-state index contributed by atoms with van der Waals surface area (Å²) in [4.78, 5) is 17.3. The van der Waals surface area contributed by atoms with Gasteiger partial charge in [-0.2, -0.15) is 0 Å². The molecule has 12 aromatic rings.